The van der Waals surface area contributed by atoms with Crippen LogP contribution in [0.15, 0.2) is 59.7 Å². The molecule has 35 heavy (non-hydrogen) atoms. The number of likely N-dealkylation sites (tertiary alicyclic amines) is 1. The molecule has 5 rings (SSSR count). The Bertz CT molecular complexity index is 1090. The summed E-state index contributed by atoms with van der Waals surface area (Å²) < 4.78 is 18.8. The fourth-order valence-electron chi connectivity index (χ4n) is 5.74. The first-order valence-electron chi connectivity index (χ1n) is 13.1. The maximum Gasteiger partial charge on any atom is 0.119 e. The predicted molar refractivity (Wildman–Crippen MR) is 140 cm³/mol. The normalized spacial score (nSPS) is 21.5. The van der Waals surface area contributed by atoms with Gasteiger partial charge in [-0.05, 0) is 103 Å². The average molecular weight is 477 g/mol. The highest BCUT2D eigenvalue weighted by Crippen LogP contribution is 2.40. The molecular formula is C30H37FN2O2. The minimum atomic E-state index is -0.252. The number of halogens is 1. The second kappa shape index (κ2) is 11.0. The summed E-state index contributed by atoms with van der Waals surface area (Å²) in [6.45, 7) is 4.49. The number of alkyl halides is 1. The molecule has 3 aliphatic rings. The predicted octanol–water partition coefficient (Wildman–Crippen LogP) is 5.61. The number of benzene rings is 2. The van der Waals surface area contributed by atoms with Gasteiger partial charge in [0.25, 0.3) is 0 Å². The number of nitrogens with zero attached hydrogens (tertiary/aromatic N) is 2. The largest absolute Gasteiger partial charge is 0.508 e. The first-order valence-corrected chi connectivity index (χ1v) is 13.1. The van der Waals surface area contributed by atoms with E-state index in [0.29, 0.717) is 12.2 Å². The van der Waals surface area contributed by atoms with Gasteiger partial charge in [0.1, 0.15) is 17.6 Å². The number of hydrogen-bond acceptors (Lipinski definition) is 4. The van der Waals surface area contributed by atoms with Crippen LogP contribution in [0, 0.1) is 0 Å². The Hall–Kier alpha value is -2.63. The minimum Gasteiger partial charge on any atom is -0.508 e. The van der Waals surface area contributed by atoms with E-state index in [0.717, 1.165) is 70.6 Å². The van der Waals surface area contributed by atoms with Gasteiger partial charge in [0.15, 0.2) is 0 Å². The lowest BCUT2D eigenvalue weighted by molar-refractivity contribution is 0.198. The van der Waals surface area contributed by atoms with Crippen LogP contribution in [0.4, 0.5) is 4.39 Å². The molecular weight excluding hydrogens is 439 g/mol. The Morgan fingerprint density at radius 2 is 1.91 bits per heavy atom. The van der Waals surface area contributed by atoms with Crippen LogP contribution < -0.4 is 4.74 Å². The molecule has 1 unspecified atom stereocenters. The van der Waals surface area contributed by atoms with E-state index in [1.807, 2.05) is 12.1 Å². The summed E-state index contributed by atoms with van der Waals surface area (Å²) in [6, 6.07) is 14.4. The number of hydrogen-bond donors (Lipinski definition) is 1. The molecule has 1 atom stereocenters. The van der Waals surface area contributed by atoms with Gasteiger partial charge in [0.05, 0.1) is 6.67 Å². The molecule has 1 fully saturated rings. The second-order valence-corrected chi connectivity index (χ2v) is 10.2. The van der Waals surface area contributed by atoms with Crippen molar-refractivity contribution in [2.24, 2.45) is 0 Å². The van der Waals surface area contributed by atoms with Gasteiger partial charge in [-0.1, -0.05) is 24.3 Å². The lowest BCUT2D eigenvalue weighted by Crippen LogP contribution is -2.26. The zero-order valence-corrected chi connectivity index (χ0v) is 20.8. The number of aryl methyl sites for hydroxylation is 1. The number of allylic oxidation sites excluding steroid dienone is 1. The lowest BCUT2D eigenvalue weighted by Gasteiger charge is -2.25. The van der Waals surface area contributed by atoms with Crippen molar-refractivity contribution < 1.29 is 14.2 Å². The SMILES string of the molecule is CN1CC=C(C2=C(c3ccc(OC4CCN(CCCF)C4)cc3)c3ccc(O)cc3CCC2)CC1. The molecule has 0 saturated carbocycles. The number of phenols is 1. The number of rotatable bonds is 7. The monoisotopic (exact) mass is 476 g/mol. The van der Waals surface area contributed by atoms with Crippen LogP contribution in [0.5, 0.6) is 11.5 Å². The summed E-state index contributed by atoms with van der Waals surface area (Å²) in [5, 5.41) is 10.1. The summed E-state index contributed by atoms with van der Waals surface area (Å²) in [6.07, 6.45) is 8.35. The lowest BCUT2D eigenvalue weighted by atomic mass is 9.86. The zero-order chi connectivity index (χ0) is 24.2. The van der Waals surface area contributed by atoms with Crippen molar-refractivity contribution in [3.8, 4) is 11.5 Å². The Morgan fingerprint density at radius 1 is 1.06 bits per heavy atom. The molecule has 0 bridgehead atoms. The summed E-state index contributed by atoms with van der Waals surface area (Å²) in [5.74, 6) is 1.23. The van der Waals surface area contributed by atoms with E-state index in [-0.39, 0.29) is 12.8 Å². The highest BCUT2D eigenvalue weighted by Gasteiger charge is 2.25. The Morgan fingerprint density at radius 3 is 2.69 bits per heavy atom. The molecule has 2 heterocycles. The number of fused-ring (bicyclic) bond motifs is 1. The molecule has 1 N–H and O–H groups in total. The van der Waals surface area contributed by atoms with Gasteiger partial charge in [0, 0.05) is 32.7 Å². The number of phenolic OH excluding ortho intramolecular Hbond substituents is 1. The van der Waals surface area contributed by atoms with Gasteiger partial charge in [-0.25, -0.2) is 0 Å². The molecule has 4 nitrogen and oxygen atoms in total. The van der Waals surface area contributed by atoms with Crippen LogP contribution in [0.3, 0.4) is 0 Å². The van der Waals surface area contributed by atoms with Gasteiger partial charge >= 0.3 is 0 Å². The van der Waals surface area contributed by atoms with Crippen molar-refractivity contribution in [1.82, 2.24) is 9.80 Å². The molecule has 1 saturated heterocycles. The van der Waals surface area contributed by atoms with Crippen molar-refractivity contribution in [1.29, 1.82) is 0 Å². The standard InChI is InChI=1S/C30H37FN2O2/c1-32-17-12-22(13-18-32)28-5-2-4-24-20-25(34)8-11-29(24)30(28)23-6-9-26(10-7-23)35-27-14-19-33(21-27)16-3-15-31/h6-12,20,27,34H,2-5,13-19,21H2,1H3. The topological polar surface area (TPSA) is 35.9 Å². The Balaban J connectivity index is 1.43. The smallest absolute Gasteiger partial charge is 0.119 e. The van der Waals surface area contributed by atoms with Crippen LogP contribution in [-0.2, 0) is 6.42 Å². The maximum atomic E-state index is 12.5. The van der Waals surface area contributed by atoms with Crippen LogP contribution in [0.1, 0.15) is 48.8 Å². The third-order valence-electron chi connectivity index (χ3n) is 7.62. The highest BCUT2D eigenvalue weighted by molar-refractivity contribution is 5.87. The van der Waals surface area contributed by atoms with Crippen molar-refractivity contribution in [3.63, 3.8) is 0 Å². The van der Waals surface area contributed by atoms with Gasteiger partial charge in [-0.3, -0.25) is 9.29 Å². The van der Waals surface area contributed by atoms with E-state index in [1.54, 1.807) is 0 Å². The van der Waals surface area contributed by atoms with Crippen LogP contribution in [-0.4, -0.2) is 67.5 Å². The van der Waals surface area contributed by atoms with Crippen molar-refractivity contribution in [2.75, 3.05) is 46.4 Å². The van der Waals surface area contributed by atoms with Gasteiger partial charge in [0.2, 0.25) is 0 Å². The first kappa shape index (κ1) is 24.1. The number of aromatic hydroxyl groups is 1. The summed E-state index contributed by atoms with van der Waals surface area (Å²) >= 11 is 0. The molecule has 1 aliphatic carbocycles. The molecule has 0 amide bonds. The van der Waals surface area contributed by atoms with E-state index in [1.165, 1.54) is 33.4 Å². The third-order valence-corrected chi connectivity index (χ3v) is 7.62. The van der Waals surface area contributed by atoms with Crippen molar-refractivity contribution in [2.45, 2.75) is 44.6 Å². The second-order valence-electron chi connectivity index (χ2n) is 10.2. The fourth-order valence-corrected chi connectivity index (χ4v) is 5.74. The third kappa shape index (κ3) is 5.62. The summed E-state index contributed by atoms with van der Waals surface area (Å²) in [4.78, 5) is 4.66. The van der Waals surface area contributed by atoms with Crippen molar-refractivity contribution in [3.05, 3.63) is 76.4 Å². The molecule has 0 radical (unpaired) electrons. The molecule has 0 spiro atoms. The van der Waals surface area contributed by atoms with Gasteiger partial charge < -0.3 is 14.7 Å². The molecule has 2 aromatic carbocycles. The fraction of sp³-hybridized carbons (Fsp3) is 0.467. The van der Waals surface area contributed by atoms with Crippen LogP contribution in [0.25, 0.3) is 5.57 Å². The summed E-state index contributed by atoms with van der Waals surface area (Å²) in [7, 11) is 2.18. The molecule has 186 valence electrons. The molecule has 2 aliphatic heterocycles. The van der Waals surface area contributed by atoms with Crippen LogP contribution >= 0.6 is 0 Å². The van der Waals surface area contributed by atoms with E-state index in [2.05, 4.69) is 53.3 Å². The molecule has 2 aromatic rings. The molecule has 5 heteroatoms. The number of ether oxygens (including phenoxy) is 1. The first-order chi connectivity index (χ1) is 17.1. The Kier molecular flexibility index (Phi) is 7.54. The van der Waals surface area contributed by atoms with E-state index in [9.17, 15) is 9.50 Å². The minimum absolute atomic E-state index is 0.168. The van der Waals surface area contributed by atoms with Gasteiger partial charge in [-0.2, -0.15) is 0 Å². The molecule has 0 aromatic heterocycles. The maximum absolute atomic E-state index is 12.5. The zero-order valence-electron chi connectivity index (χ0n) is 20.8. The highest BCUT2D eigenvalue weighted by atomic mass is 19.1. The number of likely N-dealkylation sites (N-methyl/N-ethyl adjacent to an activating group) is 1. The van der Waals surface area contributed by atoms with Crippen LogP contribution in [0.2, 0.25) is 0 Å². The van der Waals surface area contributed by atoms with E-state index in [4.69, 9.17) is 4.74 Å². The Labute approximate surface area is 208 Å². The van der Waals surface area contributed by atoms with Gasteiger partial charge in [-0.15, -0.1) is 0 Å². The quantitative estimate of drug-likeness (QED) is 0.564. The van der Waals surface area contributed by atoms with E-state index >= 15 is 0 Å². The van der Waals surface area contributed by atoms with E-state index < -0.39 is 0 Å². The summed E-state index contributed by atoms with van der Waals surface area (Å²) in [5.41, 5.74) is 7.90. The average Bonchev–Trinajstić information content (AvgIpc) is 3.22. The van der Waals surface area contributed by atoms with Crippen molar-refractivity contribution >= 4 is 5.57 Å².